The van der Waals surface area contributed by atoms with Crippen molar-refractivity contribution in [2.24, 2.45) is 5.10 Å². The van der Waals surface area contributed by atoms with E-state index in [1.54, 1.807) is 36.4 Å². The lowest BCUT2D eigenvalue weighted by Crippen LogP contribution is -2.32. The molecule has 7 nitrogen and oxygen atoms in total. The predicted octanol–water partition coefficient (Wildman–Crippen LogP) is 2.45. The number of amides is 2. The Kier molecular flexibility index (Phi) is 6.36. The number of benzene rings is 2. The highest BCUT2D eigenvalue weighted by molar-refractivity contribution is 6.39. The van der Waals surface area contributed by atoms with Crippen LogP contribution in [0.25, 0.3) is 0 Å². The summed E-state index contributed by atoms with van der Waals surface area (Å²) in [6.07, 6.45) is 1.35. The van der Waals surface area contributed by atoms with Gasteiger partial charge in [-0.2, -0.15) is 5.10 Å². The molecule has 130 valence electrons. The van der Waals surface area contributed by atoms with E-state index in [0.717, 1.165) is 0 Å². The lowest BCUT2D eigenvalue weighted by atomic mass is 10.2. The first-order chi connectivity index (χ1) is 12.0. The molecule has 0 bridgehead atoms. The number of halogens is 1. The van der Waals surface area contributed by atoms with Gasteiger partial charge in [-0.05, 0) is 36.4 Å². The highest BCUT2D eigenvalue weighted by Gasteiger charge is 2.13. The zero-order valence-electron chi connectivity index (χ0n) is 13.6. The van der Waals surface area contributed by atoms with Crippen LogP contribution >= 0.6 is 11.6 Å². The van der Waals surface area contributed by atoms with E-state index in [0.29, 0.717) is 27.8 Å². The predicted molar refractivity (Wildman–Crippen MR) is 95.4 cm³/mol. The number of nitrogens with zero attached hydrogens (tertiary/aromatic N) is 1. The van der Waals surface area contributed by atoms with Gasteiger partial charge in [0, 0.05) is 16.3 Å². The molecule has 8 heteroatoms. The van der Waals surface area contributed by atoms with Crippen LogP contribution in [-0.2, 0) is 9.59 Å². The molecule has 0 saturated carbocycles. The Morgan fingerprint density at radius 3 is 2.56 bits per heavy atom. The van der Waals surface area contributed by atoms with Gasteiger partial charge in [0.05, 0.1) is 20.4 Å². The van der Waals surface area contributed by atoms with E-state index in [-0.39, 0.29) is 0 Å². The van der Waals surface area contributed by atoms with E-state index in [4.69, 9.17) is 21.1 Å². The fourth-order valence-electron chi connectivity index (χ4n) is 1.91. The minimum atomic E-state index is -0.918. The molecule has 0 heterocycles. The molecule has 2 rings (SSSR count). The molecular formula is C17H16ClN3O4. The maximum atomic E-state index is 11.8. The lowest BCUT2D eigenvalue weighted by Gasteiger charge is -2.07. The van der Waals surface area contributed by atoms with Crippen LogP contribution in [0, 0.1) is 0 Å². The smallest absolute Gasteiger partial charge is 0.329 e. The van der Waals surface area contributed by atoms with Gasteiger partial charge in [-0.3, -0.25) is 9.59 Å². The number of anilines is 1. The number of methoxy groups -OCH3 is 2. The fourth-order valence-corrected chi connectivity index (χ4v) is 2.10. The number of hydrogen-bond donors (Lipinski definition) is 2. The van der Waals surface area contributed by atoms with Gasteiger partial charge in [0.15, 0.2) is 0 Å². The fraction of sp³-hybridized carbons (Fsp3) is 0.118. The summed E-state index contributed by atoms with van der Waals surface area (Å²) >= 11 is 5.82. The van der Waals surface area contributed by atoms with Gasteiger partial charge >= 0.3 is 11.8 Å². The molecule has 25 heavy (non-hydrogen) atoms. The average molecular weight is 362 g/mol. The highest BCUT2D eigenvalue weighted by Crippen LogP contribution is 2.22. The van der Waals surface area contributed by atoms with E-state index in [1.807, 2.05) is 0 Å². The third-order valence-corrected chi connectivity index (χ3v) is 3.33. The van der Waals surface area contributed by atoms with Crippen LogP contribution in [0.5, 0.6) is 11.5 Å². The molecule has 0 aliphatic carbocycles. The Morgan fingerprint density at radius 2 is 1.88 bits per heavy atom. The first-order valence-corrected chi connectivity index (χ1v) is 7.53. The number of hydrazone groups is 1. The van der Waals surface area contributed by atoms with Crippen LogP contribution in [-0.4, -0.2) is 32.2 Å². The number of ether oxygens (including phenoxy) is 2. The van der Waals surface area contributed by atoms with Crippen LogP contribution in [0.1, 0.15) is 5.56 Å². The molecule has 0 spiro atoms. The van der Waals surface area contributed by atoms with E-state index < -0.39 is 11.8 Å². The molecule has 0 radical (unpaired) electrons. The van der Waals surface area contributed by atoms with Crippen LogP contribution < -0.4 is 20.2 Å². The van der Waals surface area contributed by atoms with Crippen LogP contribution in [0.2, 0.25) is 5.02 Å². The van der Waals surface area contributed by atoms with Gasteiger partial charge in [0.2, 0.25) is 0 Å². The standard InChI is InChI=1S/C17H16ClN3O4/c1-24-14-6-7-15(25-2)11(8-14)10-19-21-17(23)16(22)20-13-5-3-4-12(18)9-13/h3-10H,1-2H3,(H,20,22)(H,21,23)/b19-10-. The SMILES string of the molecule is COc1ccc(OC)c(/C=N\NC(=O)C(=O)Nc2cccc(Cl)c2)c1. The molecule has 0 atom stereocenters. The summed E-state index contributed by atoms with van der Waals surface area (Å²) in [7, 11) is 3.04. The molecule has 0 fully saturated rings. The van der Waals surface area contributed by atoms with Crippen molar-refractivity contribution in [2.45, 2.75) is 0 Å². The number of hydrogen-bond acceptors (Lipinski definition) is 5. The zero-order chi connectivity index (χ0) is 18.2. The van der Waals surface area contributed by atoms with Crippen molar-refractivity contribution >= 4 is 35.3 Å². The first-order valence-electron chi connectivity index (χ1n) is 7.15. The Bertz CT molecular complexity index is 808. The average Bonchev–Trinajstić information content (AvgIpc) is 2.61. The molecule has 2 aromatic carbocycles. The molecule has 2 aromatic rings. The molecule has 0 unspecified atom stereocenters. The summed E-state index contributed by atoms with van der Waals surface area (Å²) in [6, 6.07) is 11.6. The lowest BCUT2D eigenvalue weighted by molar-refractivity contribution is -0.136. The second-order valence-corrected chi connectivity index (χ2v) is 5.21. The summed E-state index contributed by atoms with van der Waals surface area (Å²) in [6.45, 7) is 0. The maximum absolute atomic E-state index is 11.8. The van der Waals surface area contributed by atoms with Crippen molar-refractivity contribution in [3.8, 4) is 11.5 Å². The normalized spacial score (nSPS) is 10.4. The van der Waals surface area contributed by atoms with E-state index >= 15 is 0 Å². The monoisotopic (exact) mass is 361 g/mol. The summed E-state index contributed by atoms with van der Waals surface area (Å²) in [5, 5.41) is 6.62. The van der Waals surface area contributed by atoms with Crippen molar-refractivity contribution in [2.75, 3.05) is 19.5 Å². The zero-order valence-corrected chi connectivity index (χ0v) is 14.3. The third-order valence-electron chi connectivity index (χ3n) is 3.10. The molecule has 0 aromatic heterocycles. The summed E-state index contributed by atoms with van der Waals surface area (Å²) in [5.74, 6) is -0.635. The molecule has 2 N–H and O–H groups in total. The van der Waals surface area contributed by atoms with Crippen molar-refractivity contribution in [1.82, 2.24) is 5.43 Å². The summed E-state index contributed by atoms with van der Waals surface area (Å²) in [5.41, 5.74) is 3.13. The Morgan fingerprint density at radius 1 is 1.08 bits per heavy atom. The van der Waals surface area contributed by atoms with Crippen molar-refractivity contribution in [1.29, 1.82) is 0 Å². The molecule has 0 aliphatic heterocycles. The highest BCUT2D eigenvalue weighted by atomic mass is 35.5. The van der Waals surface area contributed by atoms with Gasteiger partial charge in [0.1, 0.15) is 11.5 Å². The van der Waals surface area contributed by atoms with E-state index in [2.05, 4.69) is 15.8 Å². The van der Waals surface area contributed by atoms with Gasteiger partial charge in [-0.15, -0.1) is 0 Å². The molecule has 0 aliphatic rings. The number of carbonyl (C=O) groups is 2. The van der Waals surface area contributed by atoms with Crippen molar-refractivity contribution in [3.05, 3.63) is 53.1 Å². The Hall–Kier alpha value is -3.06. The van der Waals surface area contributed by atoms with Crippen molar-refractivity contribution < 1.29 is 19.1 Å². The number of carbonyl (C=O) groups excluding carboxylic acids is 2. The second kappa shape index (κ2) is 8.70. The largest absolute Gasteiger partial charge is 0.497 e. The van der Waals surface area contributed by atoms with Crippen molar-refractivity contribution in [3.63, 3.8) is 0 Å². The van der Waals surface area contributed by atoms with E-state index in [1.165, 1.54) is 26.5 Å². The minimum absolute atomic E-state index is 0.408. The molecule has 2 amide bonds. The maximum Gasteiger partial charge on any atom is 0.329 e. The quantitative estimate of drug-likeness (QED) is 0.486. The summed E-state index contributed by atoms with van der Waals surface area (Å²) < 4.78 is 10.3. The van der Waals surface area contributed by atoms with Gasteiger partial charge < -0.3 is 14.8 Å². The second-order valence-electron chi connectivity index (χ2n) is 4.77. The first kappa shape index (κ1) is 18.3. The molecule has 0 saturated heterocycles. The Labute approximate surface area is 149 Å². The molecular weight excluding hydrogens is 346 g/mol. The number of nitrogens with one attached hydrogen (secondary N) is 2. The van der Waals surface area contributed by atoms with Crippen LogP contribution in [0.4, 0.5) is 5.69 Å². The van der Waals surface area contributed by atoms with Gasteiger partial charge in [-0.1, -0.05) is 17.7 Å². The topological polar surface area (TPSA) is 89.0 Å². The third kappa shape index (κ3) is 5.22. The van der Waals surface area contributed by atoms with Gasteiger partial charge in [0.25, 0.3) is 0 Å². The minimum Gasteiger partial charge on any atom is -0.497 e. The Balaban J connectivity index is 1.99. The van der Waals surface area contributed by atoms with Gasteiger partial charge in [-0.25, -0.2) is 5.43 Å². The number of rotatable bonds is 5. The van der Waals surface area contributed by atoms with E-state index in [9.17, 15) is 9.59 Å². The van der Waals surface area contributed by atoms with Crippen LogP contribution in [0.3, 0.4) is 0 Å². The van der Waals surface area contributed by atoms with Crippen LogP contribution in [0.15, 0.2) is 47.6 Å². The summed E-state index contributed by atoms with van der Waals surface area (Å²) in [4.78, 5) is 23.6.